The summed E-state index contributed by atoms with van der Waals surface area (Å²) in [6.45, 7) is 4.23. The lowest BCUT2D eigenvalue weighted by Gasteiger charge is -2.26. The quantitative estimate of drug-likeness (QED) is 0.140. The molecule has 1 aliphatic heterocycles. The molecule has 1 aliphatic rings. The minimum atomic E-state index is -0.673. The Morgan fingerprint density at radius 3 is 1.58 bits per heavy atom. The van der Waals surface area contributed by atoms with Crippen LogP contribution < -0.4 is 0 Å². The van der Waals surface area contributed by atoms with E-state index in [1.165, 1.54) is 77.0 Å². The number of aliphatic carboxylic acids is 1. The standard InChI is InChI=1S/C27H49BNO4/c1-23(2)24-21-22-26(31)29(24)28-25(30)19-17-15-13-11-9-7-5-3-4-6-8-10-12-14-16-18-20-27(32)33/h23-24H,3-22H2,1-2H3,(H,32,33). The second kappa shape index (κ2) is 19.0. The molecule has 1 saturated heterocycles. The summed E-state index contributed by atoms with van der Waals surface area (Å²) in [6, 6.07) is 0.198. The monoisotopic (exact) mass is 462 g/mol. The number of amides is 1. The highest BCUT2D eigenvalue weighted by Crippen LogP contribution is 2.24. The van der Waals surface area contributed by atoms with Gasteiger partial charge in [0.05, 0.1) is 0 Å². The van der Waals surface area contributed by atoms with Crippen molar-refractivity contribution >= 4 is 25.0 Å². The zero-order chi connectivity index (χ0) is 24.3. The Labute approximate surface area is 203 Å². The molecule has 1 radical (unpaired) electrons. The number of carboxylic acids is 1. The molecule has 5 nitrogen and oxygen atoms in total. The van der Waals surface area contributed by atoms with Crippen molar-refractivity contribution in [1.82, 2.24) is 4.81 Å². The Balaban J connectivity index is 1.82. The van der Waals surface area contributed by atoms with Crippen molar-refractivity contribution in [1.29, 1.82) is 0 Å². The molecule has 0 aliphatic carbocycles. The molecule has 0 aromatic heterocycles. The van der Waals surface area contributed by atoms with Crippen molar-refractivity contribution in [2.45, 2.75) is 148 Å². The number of hydrogen-bond donors (Lipinski definition) is 1. The highest BCUT2D eigenvalue weighted by Gasteiger charge is 2.34. The van der Waals surface area contributed by atoms with Gasteiger partial charge in [0, 0.05) is 18.9 Å². The van der Waals surface area contributed by atoms with Crippen molar-refractivity contribution in [2.24, 2.45) is 5.92 Å². The normalized spacial score (nSPS) is 16.0. The van der Waals surface area contributed by atoms with Crippen LogP contribution in [0.1, 0.15) is 142 Å². The van der Waals surface area contributed by atoms with Gasteiger partial charge in [-0.25, -0.2) is 0 Å². The Morgan fingerprint density at radius 2 is 1.18 bits per heavy atom. The predicted molar refractivity (Wildman–Crippen MR) is 136 cm³/mol. The summed E-state index contributed by atoms with van der Waals surface area (Å²) in [5.41, 5.74) is 0.106. The van der Waals surface area contributed by atoms with Crippen molar-refractivity contribution < 1.29 is 19.5 Å². The van der Waals surface area contributed by atoms with E-state index in [1.54, 1.807) is 12.2 Å². The van der Waals surface area contributed by atoms with Gasteiger partial charge in [0.2, 0.25) is 5.91 Å². The third-order valence-corrected chi connectivity index (χ3v) is 6.92. The van der Waals surface area contributed by atoms with Gasteiger partial charge in [-0.2, -0.15) is 0 Å². The van der Waals surface area contributed by atoms with Crippen LogP contribution in [0.4, 0.5) is 0 Å². The molecule has 6 heteroatoms. The van der Waals surface area contributed by atoms with Crippen molar-refractivity contribution in [3.8, 4) is 0 Å². The number of hydrogen-bond acceptors (Lipinski definition) is 3. The molecule has 1 heterocycles. The van der Waals surface area contributed by atoms with Gasteiger partial charge in [-0.3, -0.25) is 9.59 Å². The fraction of sp³-hybridized carbons (Fsp3) is 0.889. The number of rotatable bonds is 22. The first-order valence-corrected chi connectivity index (χ1v) is 13.8. The van der Waals surface area contributed by atoms with Crippen molar-refractivity contribution in [3.63, 3.8) is 0 Å². The van der Waals surface area contributed by atoms with E-state index in [0.717, 1.165) is 32.1 Å². The van der Waals surface area contributed by atoms with Crippen molar-refractivity contribution in [2.75, 3.05) is 0 Å². The average Bonchev–Trinajstić information content (AvgIpc) is 3.13. The maximum Gasteiger partial charge on any atom is 0.336 e. The first-order chi connectivity index (χ1) is 15.9. The van der Waals surface area contributed by atoms with E-state index in [0.29, 0.717) is 25.2 Å². The molecule has 0 spiro atoms. The highest BCUT2D eigenvalue weighted by molar-refractivity contribution is 6.73. The Hall–Kier alpha value is -1.33. The molecule has 33 heavy (non-hydrogen) atoms. The Kier molecular flexibility index (Phi) is 17.1. The van der Waals surface area contributed by atoms with Crippen LogP contribution in [0.25, 0.3) is 0 Å². The van der Waals surface area contributed by atoms with Crippen LogP contribution in [0, 0.1) is 5.92 Å². The average molecular weight is 463 g/mol. The zero-order valence-corrected chi connectivity index (χ0v) is 21.5. The molecule has 0 aromatic rings. The van der Waals surface area contributed by atoms with E-state index in [9.17, 15) is 14.4 Å². The lowest BCUT2D eigenvalue weighted by atomic mass is 9.79. The van der Waals surface area contributed by atoms with Crippen LogP contribution in [0.5, 0.6) is 0 Å². The third kappa shape index (κ3) is 15.2. The summed E-state index contributed by atoms with van der Waals surface area (Å²) in [5.74, 6) is -0.173. The SMILES string of the molecule is CC(C)C1CCC(=O)N1[B]C(=O)CCCCCCCCCCCCCCCCCCC(=O)O. The summed E-state index contributed by atoms with van der Waals surface area (Å²) < 4.78 is 0. The van der Waals surface area contributed by atoms with Crippen LogP contribution in [0.2, 0.25) is 0 Å². The maximum atomic E-state index is 12.2. The second-order valence-corrected chi connectivity index (χ2v) is 10.3. The van der Waals surface area contributed by atoms with Gasteiger partial charge in [0.25, 0.3) is 0 Å². The fourth-order valence-electron chi connectivity index (χ4n) is 4.82. The number of nitrogens with zero attached hydrogens (tertiary/aromatic N) is 1. The van der Waals surface area contributed by atoms with Gasteiger partial charge < -0.3 is 14.7 Å². The highest BCUT2D eigenvalue weighted by atomic mass is 16.4. The number of unbranched alkanes of at least 4 members (excludes halogenated alkanes) is 15. The molecule has 1 rings (SSSR count). The number of carbonyl (C=O) groups excluding carboxylic acids is 2. The molecule has 1 fully saturated rings. The minimum Gasteiger partial charge on any atom is -0.481 e. The van der Waals surface area contributed by atoms with Gasteiger partial charge in [0.15, 0.2) is 0 Å². The zero-order valence-electron chi connectivity index (χ0n) is 21.5. The summed E-state index contributed by atoms with van der Waals surface area (Å²) in [5, 5.41) is 8.60. The Bertz CT molecular complexity index is 552. The van der Waals surface area contributed by atoms with Gasteiger partial charge >= 0.3 is 13.4 Å². The topological polar surface area (TPSA) is 74.7 Å². The lowest BCUT2D eigenvalue weighted by molar-refractivity contribution is -0.137. The van der Waals surface area contributed by atoms with E-state index in [-0.39, 0.29) is 17.6 Å². The van der Waals surface area contributed by atoms with E-state index in [4.69, 9.17) is 5.11 Å². The molecule has 0 saturated carbocycles. The maximum absolute atomic E-state index is 12.2. The number of carbonyl (C=O) groups is 3. The first-order valence-electron chi connectivity index (χ1n) is 13.8. The Morgan fingerprint density at radius 1 is 0.788 bits per heavy atom. The van der Waals surface area contributed by atoms with Gasteiger partial charge in [0.1, 0.15) is 5.68 Å². The summed E-state index contributed by atoms with van der Waals surface area (Å²) in [4.78, 5) is 36.4. The molecule has 189 valence electrons. The summed E-state index contributed by atoms with van der Waals surface area (Å²) in [7, 11) is 1.59. The molecule has 1 amide bonds. The first kappa shape index (κ1) is 29.7. The van der Waals surface area contributed by atoms with E-state index in [2.05, 4.69) is 13.8 Å². The third-order valence-electron chi connectivity index (χ3n) is 6.92. The second-order valence-electron chi connectivity index (χ2n) is 10.3. The lowest BCUT2D eigenvalue weighted by Crippen LogP contribution is -2.42. The number of carboxylic acid groups (broad SMARTS) is 1. The molecule has 1 unspecified atom stereocenters. The van der Waals surface area contributed by atoms with Crippen LogP contribution in [0.15, 0.2) is 0 Å². The van der Waals surface area contributed by atoms with Gasteiger partial charge in [-0.1, -0.05) is 104 Å². The van der Waals surface area contributed by atoms with Crippen LogP contribution >= 0.6 is 0 Å². The smallest absolute Gasteiger partial charge is 0.336 e. The van der Waals surface area contributed by atoms with Gasteiger partial charge in [-0.05, 0) is 31.6 Å². The van der Waals surface area contributed by atoms with Crippen LogP contribution in [-0.2, 0) is 14.4 Å². The molecule has 1 N–H and O–H groups in total. The summed E-state index contributed by atoms with van der Waals surface area (Å²) >= 11 is 0. The molecular weight excluding hydrogens is 413 g/mol. The fourth-order valence-corrected chi connectivity index (χ4v) is 4.82. The molecule has 1 atom stereocenters. The minimum absolute atomic E-state index is 0.104. The molecular formula is C27H49BNO4. The molecule has 0 aromatic carbocycles. The summed E-state index contributed by atoms with van der Waals surface area (Å²) in [6.07, 6.45) is 21.7. The largest absolute Gasteiger partial charge is 0.481 e. The van der Waals surface area contributed by atoms with Crippen molar-refractivity contribution in [3.05, 3.63) is 0 Å². The van der Waals surface area contributed by atoms with Crippen LogP contribution in [-0.4, -0.2) is 40.9 Å². The van der Waals surface area contributed by atoms with Gasteiger partial charge in [-0.15, -0.1) is 0 Å². The van der Waals surface area contributed by atoms with Crippen LogP contribution in [0.3, 0.4) is 0 Å². The predicted octanol–water partition coefficient (Wildman–Crippen LogP) is 6.89. The van der Waals surface area contributed by atoms with E-state index in [1.807, 2.05) is 0 Å². The van der Waals surface area contributed by atoms with E-state index >= 15 is 0 Å². The molecule has 0 bridgehead atoms. The van der Waals surface area contributed by atoms with E-state index < -0.39 is 5.97 Å².